The molecule has 6 rings (SSSR count). The first-order valence-electron chi connectivity index (χ1n) is 15.9. The molecule has 0 saturated carbocycles. The van der Waals surface area contributed by atoms with Crippen LogP contribution in [0.2, 0.25) is 0 Å². The van der Waals surface area contributed by atoms with Gasteiger partial charge in [0.15, 0.2) is 0 Å². The van der Waals surface area contributed by atoms with Crippen LogP contribution in [0.1, 0.15) is 60.4 Å². The molecule has 10 nitrogen and oxygen atoms in total. The lowest BCUT2D eigenvalue weighted by molar-refractivity contribution is -0.143. The van der Waals surface area contributed by atoms with Crippen molar-refractivity contribution in [3.05, 3.63) is 89.1 Å². The molecule has 0 radical (unpaired) electrons. The summed E-state index contributed by atoms with van der Waals surface area (Å²) in [7, 11) is -3.14. The molecule has 1 unspecified atom stereocenters. The Morgan fingerprint density at radius 1 is 1.14 bits per heavy atom. The molecule has 1 fully saturated rings. The Balaban J connectivity index is 1.24. The van der Waals surface area contributed by atoms with Crippen LogP contribution in [0.25, 0.3) is 10.6 Å². The van der Waals surface area contributed by atoms with Crippen LogP contribution in [0.15, 0.2) is 70.9 Å². The van der Waals surface area contributed by atoms with Crippen LogP contribution in [0.3, 0.4) is 0 Å². The number of fused-ring (bicyclic) bond motifs is 1. The number of nitrogens with one attached hydrogen (secondary N) is 1. The van der Waals surface area contributed by atoms with Gasteiger partial charge in [-0.1, -0.05) is 30.3 Å². The van der Waals surface area contributed by atoms with Crippen molar-refractivity contribution in [1.82, 2.24) is 24.3 Å². The number of aromatic nitrogens is 2. The number of amides is 1. The predicted molar refractivity (Wildman–Crippen MR) is 179 cm³/mol. The predicted octanol–water partition coefficient (Wildman–Crippen LogP) is 5.46. The molecule has 262 valence electrons. The highest BCUT2D eigenvalue weighted by molar-refractivity contribution is 7.91. The molecule has 1 amide bonds. The Bertz CT molecular complexity index is 1940. The van der Waals surface area contributed by atoms with Gasteiger partial charge in [-0.3, -0.25) is 14.4 Å². The van der Waals surface area contributed by atoms with Gasteiger partial charge < -0.3 is 14.7 Å². The number of halogens is 3. The lowest BCUT2D eigenvalue weighted by Crippen LogP contribution is -2.53. The van der Waals surface area contributed by atoms with E-state index in [0.717, 1.165) is 50.5 Å². The van der Waals surface area contributed by atoms with E-state index in [0.29, 0.717) is 28.1 Å². The van der Waals surface area contributed by atoms with Crippen LogP contribution < -0.4 is 9.46 Å². The highest BCUT2D eigenvalue weighted by Gasteiger charge is 2.45. The lowest BCUT2D eigenvalue weighted by Gasteiger charge is -2.42. The number of carbonyl (C=O) groups excluding carboxylic acids is 1. The Kier molecular flexibility index (Phi) is 9.43. The van der Waals surface area contributed by atoms with Crippen molar-refractivity contribution >= 4 is 27.3 Å². The molecule has 2 aliphatic rings. The summed E-state index contributed by atoms with van der Waals surface area (Å²) in [4.78, 5) is 18.3. The zero-order chi connectivity index (χ0) is 35.3. The molecule has 2 aliphatic heterocycles. The number of rotatable bonds is 9. The van der Waals surface area contributed by atoms with Crippen molar-refractivity contribution in [2.75, 3.05) is 19.6 Å². The quantitative estimate of drug-likeness (QED) is 0.237. The van der Waals surface area contributed by atoms with Gasteiger partial charge >= 0.3 is 6.18 Å². The molecule has 49 heavy (non-hydrogen) atoms. The third kappa shape index (κ3) is 7.13. The third-order valence-electron chi connectivity index (χ3n) is 9.08. The average molecular weight is 718 g/mol. The number of ether oxygens (including phenoxy) is 1. The summed E-state index contributed by atoms with van der Waals surface area (Å²) in [5.41, 5.74) is -0.356. The number of likely N-dealkylation sites (N-methyl/N-ethyl adjacent to an activating group) is 1. The number of likely N-dealkylation sites (tertiary alicyclic amines) is 1. The largest absolute Gasteiger partial charge is 0.485 e. The molecule has 2 aromatic carbocycles. The van der Waals surface area contributed by atoms with Gasteiger partial charge in [0, 0.05) is 50.4 Å². The number of benzene rings is 2. The average Bonchev–Trinajstić information content (AvgIpc) is 3.80. The summed E-state index contributed by atoms with van der Waals surface area (Å²) in [6.07, 6.45) is -5.16. The molecule has 0 bridgehead atoms. The van der Waals surface area contributed by atoms with Gasteiger partial charge in [0.25, 0.3) is 15.9 Å². The van der Waals surface area contributed by atoms with Gasteiger partial charge in [-0.05, 0) is 69.2 Å². The second-order valence-electron chi connectivity index (χ2n) is 12.9. The van der Waals surface area contributed by atoms with Gasteiger partial charge in [-0.15, -0.1) is 11.3 Å². The summed E-state index contributed by atoms with van der Waals surface area (Å²) in [5, 5.41) is 15.3. The summed E-state index contributed by atoms with van der Waals surface area (Å²) >= 11 is 0.755. The molecule has 2 aromatic heterocycles. The van der Waals surface area contributed by atoms with E-state index in [1.54, 1.807) is 32.0 Å². The number of sulfonamides is 1. The van der Waals surface area contributed by atoms with Crippen molar-refractivity contribution in [3.63, 3.8) is 0 Å². The highest BCUT2D eigenvalue weighted by atomic mass is 32.2. The van der Waals surface area contributed by atoms with Crippen molar-refractivity contribution in [1.29, 1.82) is 0 Å². The van der Waals surface area contributed by atoms with Crippen LogP contribution in [-0.4, -0.2) is 76.4 Å². The summed E-state index contributed by atoms with van der Waals surface area (Å²) < 4.78 is 76.6. The maximum absolute atomic E-state index is 14.0. The first-order chi connectivity index (χ1) is 23.1. The van der Waals surface area contributed by atoms with E-state index in [9.17, 15) is 31.5 Å². The molecule has 0 spiro atoms. The standard InChI is InChI=1S/C34H38F3N5O5S2/c1-5-42(23-15-16-41(20-23)19-21-9-7-6-8-10-21)32(44)22-11-12-26-24(17-22)30(31(43)33(2,3)47-26)39-49(45,46)29-14-13-27(48-29)25-18-28(34(35,36)37)40(4)38-25/h6-14,17-18,23,30-31,39,43H,5,15-16,19-20H2,1-4H3/t23?,30-,31+/m1/s1. The SMILES string of the molecule is CCN(C(=O)c1ccc2c(c1)[C@@H](NS(=O)(=O)c1ccc(-c3cc(C(F)(F)F)n(C)n3)s1)[C@H](O)C(C)(C)O2)C1CCN(Cc2ccccc2)C1. The van der Waals surface area contributed by atoms with Crippen molar-refractivity contribution in [2.24, 2.45) is 7.05 Å². The van der Waals surface area contributed by atoms with E-state index >= 15 is 0 Å². The molecule has 0 aliphatic carbocycles. The van der Waals surface area contributed by atoms with E-state index in [4.69, 9.17) is 4.74 Å². The number of alkyl halides is 3. The molecular formula is C34H38F3N5O5S2. The molecule has 4 heterocycles. The lowest BCUT2D eigenvalue weighted by atomic mass is 9.86. The van der Waals surface area contributed by atoms with E-state index in [2.05, 4.69) is 26.9 Å². The topological polar surface area (TPSA) is 117 Å². The van der Waals surface area contributed by atoms with Crippen LogP contribution in [0.5, 0.6) is 5.75 Å². The fourth-order valence-corrected chi connectivity index (χ4v) is 9.03. The maximum Gasteiger partial charge on any atom is 0.433 e. The maximum atomic E-state index is 14.0. The smallest absolute Gasteiger partial charge is 0.433 e. The summed E-state index contributed by atoms with van der Waals surface area (Å²) in [5.74, 6) is 0.104. The Labute approximate surface area is 287 Å². The second kappa shape index (κ2) is 13.2. The zero-order valence-electron chi connectivity index (χ0n) is 27.4. The minimum Gasteiger partial charge on any atom is -0.485 e. The van der Waals surface area contributed by atoms with Gasteiger partial charge in [0.2, 0.25) is 0 Å². The number of carbonyl (C=O) groups is 1. The fraction of sp³-hybridized carbons (Fsp3) is 0.412. The van der Waals surface area contributed by atoms with Gasteiger partial charge in [0.05, 0.1) is 10.9 Å². The number of nitrogens with zero attached hydrogens (tertiary/aromatic N) is 4. The van der Waals surface area contributed by atoms with E-state index < -0.39 is 39.6 Å². The number of aliphatic hydroxyl groups is 1. The normalized spacial score (nSPS) is 20.9. The number of hydrogen-bond acceptors (Lipinski definition) is 8. The number of thiophene rings is 1. The van der Waals surface area contributed by atoms with Crippen LogP contribution in [0, 0.1) is 0 Å². The molecular weight excluding hydrogens is 680 g/mol. The highest BCUT2D eigenvalue weighted by Crippen LogP contribution is 2.42. The van der Waals surface area contributed by atoms with Crippen molar-refractivity contribution in [2.45, 2.75) is 67.9 Å². The number of hydrogen-bond donors (Lipinski definition) is 2. The van der Waals surface area contributed by atoms with Crippen LogP contribution in [-0.2, 0) is 29.8 Å². The molecule has 2 N–H and O–H groups in total. The molecule has 4 aromatic rings. The van der Waals surface area contributed by atoms with Gasteiger partial charge in [-0.2, -0.15) is 18.3 Å². The zero-order valence-corrected chi connectivity index (χ0v) is 29.1. The molecule has 3 atom stereocenters. The van der Waals surface area contributed by atoms with Gasteiger partial charge in [-0.25, -0.2) is 13.1 Å². The summed E-state index contributed by atoms with van der Waals surface area (Å²) in [6, 6.07) is 17.3. The number of aliphatic hydroxyl groups excluding tert-OH is 1. The third-order valence-corrected chi connectivity index (χ3v) is 12.1. The Morgan fingerprint density at radius 3 is 2.55 bits per heavy atom. The van der Waals surface area contributed by atoms with E-state index in [1.807, 2.05) is 30.0 Å². The van der Waals surface area contributed by atoms with Crippen LogP contribution in [0.4, 0.5) is 13.2 Å². The number of aryl methyl sites for hydroxylation is 1. The van der Waals surface area contributed by atoms with E-state index in [1.165, 1.54) is 17.7 Å². The van der Waals surface area contributed by atoms with Crippen LogP contribution >= 0.6 is 11.3 Å². The monoisotopic (exact) mass is 717 g/mol. The minimum atomic E-state index is -4.62. The van der Waals surface area contributed by atoms with E-state index in [-0.39, 0.29) is 26.7 Å². The Hall–Kier alpha value is -3.76. The van der Waals surface area contributed by atoms with Crippen molar-refractivity contribution < 1.29 is 36.2 Å². The molecule has 15 heteroatoms. The summed E-state index contributed by atoms with van der Waals surface area (Å²) in [6.45, 7) is 8.01. The first kappa shape index (κ1) is 35.1. The fourth-order valence-electron chi connectivity index (χ4n) is 6.53. The first-order valence-corrected chi connectivity index (χ1v) is 18.2. The second-order valence-corrected chi connectivity index (χ2v) is 15.9. The minimum absolute atomic E-state index is 0.00772. The Morgan fingerprint density at radius 2 is 1.88 bits per heavy atom. The van der Waals surface area contributed by atoms with Crippen molar-refractivity contribution in [3.8, 4) is 16.3 Å². The van der Waals surface area contributed by atoms with Gasteiger partial charge in [0.1, 0.15) is 33.1 Å². The molecule has 1 saturated heterocycles.